The normalized spacial score (nSPS) is 10.0. The van der Waals surface area contributed by atoms with Crippen molar-refractivity contribution in [3.05, 3.63) is 68.7 Å². The molecule has 0 saturated heterocycles. The summed E-state index contributed by atoms with van der Waals surface area (Å²) in [5, 5.41) is 23.6. The molecule has 0 aromatic heterocycles. The van der Waals surface area contributed by atoms with Crippen LogP contribution in [-0.4, -0.2) is 15.9 Å². The average Bonchev–Trinajstić information content (AvgIpc) is 2.48. The molecule has 2 aromatic carbocycles. The van der Waals surface area contributed by atoms with Gasteiger partial charge in [0.05, 0.1) is 16.2 Å². The Kier molecular flexibility index (Phi) is 4.57. The molecule has 1 amide bonds. The van der Waals surface area contributed by atoms with Crippen LogP contribution in [-0.2, 0) is 0 Å². The van der Waals surface area contributed by atoms with Crippen LogP contribution in [0.4, 0.5) is 11.4 Å². The number of halogens is 1. The third-order valence-corrected chi connectivity index (χ3v) is 3.63. The van der Waals surface area contributed by atoms with Crippen molar-refractivity contribution in [3.8, 4) is 5.75 Å². The first kappa shape index (κ1) is 15.7. The molecule has 0 aliphatic carbocycles. The highest BCUT2D eigenvalue weighted by molar-refractivity contribution is 9.10. The smallest absolute Gasteiger partial charge is 0.293 e. The SMILES string of the molecule is C=Cc1ccc(O)c(C(=O)Nc2ccccc2Br)c1[N+](=O)[O-]. The van der Waals surface area contributed by atoms with Gasteiger partial charge in [-0.25, -0.2) is 0 Å². The van der Waals surface area contributed by atoms with Crippen molar-refractivity contribution in [1.82, 2.24) is 0 Å². The number of hydrogen-bond acceptors (Lipinski definition) is 4. The lowest BCUT2D eigenvalue weighted by Crippen LogP contribution is -2.15. The van der Waals surface area contributed by atoms with E-state index in [4.69, 9.17) is 0 Å². The highest BCUT2D eigenvalue weighted by atomic mass is 79.9. The number of hydrogen-bond donors (Lipinski definition) is 2. The number of nitro benzene ring substituents is 1. The molecule has 22 heavy (non-hydrogen) atoms. The van der Waals surface area contributed by atoms with E-state index >= 15 is 0 Å². The fourth-order valence-electron chi connectivity index (χ4n) is 1.93. The zero-order valence-electron chi connectivity index (χ0n) is 11.2. The van der Waals surface area contributed by atoms with Crippen LogP contribution in [0.5, 0.6) is 5.75 Å². The number of nitrogens with one attached hydrogen (secondary N) is 1. The zero-order valence-corrected chi connectivity index (χ0v) is 12.8. The number of para-hydroxylation sites is 1. The first-order valence-corrected chi connectivity index (χ1v) is 6.93. The summed E-state index contributed by atoms with van der Waals surface area (Å²) in [7, 11) is 0. The van der Waals surface area contributed by atoms with Crippen molar-refractivity contribution in [1.29, 1.82) is 0 Å². The first-order chi connectivity index (χ1) is 10.5. The lowest BCUT2D eigenvalue weighted by Gasteiger charge is -2.10. The van der Waals surface area contributed by atoms with E-state index in [2.05, 4.69) is 27.8 Å². The highest BCUT2D eigenvalue weighted by Crippen LogP contribution is 2.33. The van der Waals surface area contributed by atoms with Gasteiger partial charge in [-0.2, -0.15) is 0 Å². The molecule has 0 aliphatic heterocycles. The summed E-state index contributed by atoms with van der Waals surface area (Å²) in [5.41, 5.74) is -0.303. The Bertz CT molecular complexity index is 774. The number of aromatic hydroxyl groups is 1. The van der Waals surface area contributed by atoms with Gasteiger partial charge in [-0.15, -0.1) is 0 Å². The molecule has 2 N–H and O–H groups in total. The number of amides is 1. The molecule has 0 bridgehead atoms. The number of anilines is 1. The van der Waals surface area contributed by atoms with Crippen LogP contribution in [0.15, 0.2) is 47.4 Å². The summed E-state index contributed by atoms with van der Waals surface area (Å²) in [5.74, 6) is -1.25. The highest BCUT2D eigenvalue weighted by Gasteiger charge is 2.27. The fraction of sp³-hybridized carbons (Fsp3) is 0. The minimum atomic E-state index is -0.778. The summed E-state index contributed by atoms with van der Waals surface area (Å²) in [6.07, 6.45) is 1.26. The van der Waals surface area contributed by atoms with Gasteiger partial charge in [0.15, 0.2) is 5.56 Å². The molecule has 0 radical (unpaired) electrons. The Morgan fingerprint density at radius 2 is 2.00 bits per heavy atom. The molecule has 0 aliphatic rings. The number of carbonyl (C=O) groups is 1. The van der Waals surface area contributed by atoms with Crippen LogP contribution in [0.1, 0.15) is 15.9 Å². The molecule has 112 valence electrons. The number of rotatable bonds is 4. The largest absolute Gasteiger partial charge is 0.507 e. The first-order valence-electron chi connectivity index (χ1n) is 6.14. The fourth-order valence-corrected chi connectivity index (χ4v) is 2.31. The molecule has 2 aromatic rings. The zero-order chi connectivity index (χ0) is 16.3. The van der Waals surface area contributed by atoms with E-state index in [1.54, 1.807) is 24.3 Å². The maximum absolute atomic E-state index is 12.3. The van der Waals surface area contributed by atoms with Crippen molar-refractivity contribution in [2.75, 3.05) is 5.32 Å². The summed E-state index contributed by atoms with van der Waals surface area (Å²) >= 11 is 3.26. The molecule has 7 heteroatoms. The Morgan fingerprint density at radius 3 is 2.59 bits per heavy atom. The number of phenolic OH excluding ortho intramolecular Hbond substituents is 1. The van der Waals surface area contributed by atoms with Crippen LogP contribution < -0.4 is 5.32 Å². The Labute approximate surface area is 134 Å². The molecule has 0 fully saturated rings. The van der Waals surface area contributed by atoms with Gasteiger partial charge in [0.1, 0.15) is 5.75 Å². The van der Waals surface area contributed by atoms with Crippen LogP contribution in [0.25, 0.3) is 6.08 Å². The van der Waals surface area contributed by atoms with Gasteiger partial charge < -0.3 is 10.4 Å². The van der Waals surface area contributed by atoms with Gasteiger partial charge >= 0.3 is 0 Å². The summed E-state index contributed by atoms with van der Waals surface area (Å²) < 4.78 is 0.616. The standard InChI is InChI=1S/C15H11BrN2O4/c1-2-9-7-8-12(19)13(14(9)18(21)22)15(20)17-11-6-4-3-5-10(11)16/h2-8,19H,1H2,(H,17,20). The predicted octanol–water partition coefficient (Wildman–Crippen LogP) is 3.96. The monoisotopic (exact) mass is 362 g/mol. The quantitative estimate of drug-likeness (QED) is 0.635. The van der Waals surface area contributed by atoms with Crippen molar-refractivity contribution in [3.63, 3.8) is 0 Å². The Balaban J connectivity index is 2.52. The van der Waals surface area contributed by atoms with Crippen LogP contribution in [0.3, 0.4) is 0 Å². The third kappa shape index (κ3) is 2.99. The Morgan fingerprint density at radius 1 is 1.32 bits per heavy atom. The predicted molar refractivity (Wildman–Crippen MR) is 86.9 cm³/mol. The van der Waals surface area contributed by atoms with Crippen molar-refractivity contribution in [2.24, 2.45) is 0 Å². The van der Waals surface area contributed by atoms with Gasteiger partial charge in [0.25, 0.3) is 11.6 Å². The third-order valence-electron chi connectivity index (χ3n) is 2.94. The minimum Gasteiger partial charge on any atom is -0.507 e. The maximum Gasteiger partial charge on any atom is 0.293 e. The second-order valence-corrected chi connectivity index (χ2v) is 5.15. The van der Waals surface area contributed by atoms with E-state index in [9.17, 15) is 20.0 Å². The summed E-state index contributed by atoms with van der Waals surface area (Å²) in [4.78, 5) is 22.9. The van der Waals surface area contributed by atoms with Gasteiger partial charge in [0.2, 0.25) is 0 Å². The van der Waals surface area contributed by atoms with E-state index in [1.807, 2.05) is 0 Å². The van der Waals surface area contributed by atoms with Crippen molar-refractivity contribution >= 4 is 39.3 Å². The lowest BCUT2D eigenvalue weighted by atomic mass is 10.0. The summed E-state index contributed by atoms with van der Waals surface area (Å²) in [6.45, 7) is 3.48. The topological polar surface area (TPSA) is 92.5 Å². The number of nitro groups is 1. The van der Waals surface area contributed by atoms with Crippen LogP contribution >= 0.6 is 15.9 Å². The molecule has 0 atom stereocenters. The second-order valence-electron chi connectivity index (χ2n) is 4.29. The van der Waals surface area contributed by atoms with Gasteiger partial charge in [-0.05, 0) is 40.2 Å². The van der Waals surface area contributed by atoms with E-state index in [0.29, 0.717) is 10.2 Å². The number of phenols is 1. The summed E-state index contributed by atoms with van der Waals surface area (Å²) in [6, 6.07) is 9.35. The van der Waals surface area contributed by atoms with Crippen LogP contribution in [0, 0.1) is 10.1 Å². The van der Waals surface area contributed by atoms with E-state index in [0.717, 1.165) is 0 Å². The molecule has 0 heterocycles. The molecular weight excluding hydrogens is 352 g/mol. The average molecular weight is 363 g/mol. The van der Waals surface area contributed by atoms with Gasteiger partial charge in [-0.3, -0.25) is 14.9 Å². The minimum absolute atomic E-state index is 0.153. The van der Waals surface area contributed by atoms with E-state index in [1.165, 1.54) is 18.2 Å². The molecule has 2 rings (SSSR count). The number of carbonyl (C=O) groups excluding carboxylic acids is 1. The molecule has 0 saturated carbocycles. The van der Waals surface area contributed by atoms with Crippen molar-refractivity contribution < 1.29 is 14.8 Å². The van der Waals surface area contributed by atoms with E-state index < -0.39 is 27.8 Å². The van der Waals surface area contributed by atoms with Crippen molar-refractivity contribution in [2.45, 2.75) is 0 Å². The second kappa shape index (κ2) is 6.40. The maximum atomic E-state index is 12.3. The molecule has 0 unspecified atom stereocenters. The number of benzene rings is 2. The lowest BCUT2D eigenvalue weighted by molar-refractivity contribution is -0.385. The Hall–Kier alpha value is -2.67. The molecular formula is C15H11BrN2O4. The van der Waals surface area contributed by atoms with E-state index in [-0.39, 0.29) is 5.56 Å². The van der Waals surface area contributed by atoms with Gasteiger partial charge in [-0.1, -0.05) is 24.8 Å². The number of nitrogens with zero attached hydrogens (tertiary/aromatic N) is 1. The van der Waals surface area contributed by atoms with Crippen LogP contribution in [0.2, 0.25) is 0 Å². The van der Waals surface area contributed by atoms with Gasteiger partial charge in [0, 0.05) is 4.47 Å². The molecule has 0 spiro atoms. The molecule has 6 nitrogen and oxygen atoms in total.